The van der Waals surface area contributed by atoms with Crippen LogP contribution in [0, 0.1) is 0 Å². The number of rotatable bonds is 7. The molecule has 0 saturated carbocycles. The molecule has 0 bridgehead atoms. The van der Waals surface area contributed by atoms with Crippen LogP contribution >= 0.6 is 0 Å². The number of nitrogens with one attached hydrogen (secondary N) is 4. The van der Waals surface area contributed by atoms with Crippen LogP contribution in [0.1, 0.15) is 35.3 Å². The molecule has 4 N–H and O–H groups in total. The largest absolute Gasteiger partial charge is 0.352 e. The number of carbonyl (C=O) groups is 2. The number of aliphatic imine (C=N–C) groups is 1. The Labute approximate surface area is 184 Å². The first-order valence-electron chi connectivity index (χ1n) is 10.2. The van der Waals surface area contributed by atoms with E-state index < -0.39 is 0 Å². The van der Waals surface area contributed by atoms with E-state index in [9.17, 15) is 9.59 Å². The number of nitrogens with zero attached hydrogens (tertiary/aromatic N) is 2. The van der Waals surface area contributed by atoms with Crippen molar-refractivity contribution in [2.45, 2.75) is 33.0 Å². The number of carbonyl (C=O) groups excluding carboxylic acids is 2. The van der Waals surface area contributed by atoms with Crippen LogP contribution in [0.2, 0.25) is 0 Å². The molecule has 31 heavy (non-hydrogen) atoms. The maximum atomic E-state index is 12.0. The van der Waals surface area contributed by atoms with Gasteiger partial charge in [-0.2, -0.15) is 0 Å². The van der Waals surface area contributed by atoms with Gasteiger partial charge in [-0.15, -0.1) is 0 Å². The van der Waals surface area contributed by atoms with E-state index in [1.807, 2.05) is 62.4 Å². The molecule has 8 nitrogen and oxygen atoms in total. The molecular formula is C23H32N6O2. The van der Waals surface area contributed by atoms with E-state index in [1.165, 1.54) is 0 Å². The third-order valence-corrected chi connectivity index (χ3v) is 4.38. The van der Waals surface area contributed by atoms with Gasteiger partial charge >= 0.3 is 6.03 Å². The summed E-state index contributed by atoms with van der Waals surface area (Å²) in [5.41, 5.74) is 3.51. The zero-order valence-corrected chi connectivity index (χ0v) is 18.8. The van der Waals surface area contributed by atoms with Gasteiger partial charge in [-0.05, 0) is 49.2 Å². The van der Waals surface area contributed by atoms with Crippen LogP contribution in [0.25, 0.3) is 0 Å². The van der Waals surface area contributed by atoms with E-state index >= 15 is 0 Å². The maximum absolute atomic E-state index is 12.0. The van der Waals surface area contributed by atoms with E-state index in [1.54, 1.807) is 26.0 Å². The van der Waals surface area contributed by atoms with E-state index in [4.69, 9.17) is 0 Å². The second-order valence-electron chi connectivity index (χ2n) is 7.63. The van der Waals surface area contributed by atoms with Crippen molar-refractivity contribution in [2.24, 2.45) is 4.99 Å². The fourth-order valence-corrected chi connectivity index (χ4v) is 2.75. The van der Waals surface area contributed by atoms with Crippen molar-refractivity contribution in [2.75, 3.05) is 26.5 Å². The number of guanidine groups is 1. The first kappa shape index (κ1) is 23.7. The maximum Gasteiger partial charge on any atom is 0.319 e. The molecule has 0 heterocycles. The topological polar surface area (TPSA) is 97.9 Å². The Hall–Kier alpha value is -3.55. The van der Waals surface area contributed by atoms with Crippen LogP contribution in [0.15, 0.2) is 53.5 Å². The van der Waals surface area contributed by atoms with E-state index in [0.717, 1.165) is 16.8 Å². The van der Waals surface area contributed by atoms with Crippen LogP contribution in [0.4, 0.5) is 10.5 Å². The first-order chi connectivity index (χ1) is 14.8. The number of amides is 3. The van der Waals surface area contributed by atoms with Gasteiger partial charge < -0.3 is 26.2 Å². The highest BCUT2D eigenvalue weighted by Gasteiger charge is 2.07. The highest BCUT2D eigenvalue weighted by molar-refractivity contribution is 5.93. The van der Waals surface area contributed by atoms with E-state index in [-0.39, 0.29) is 18.0 Å². The summed E-state index contributed by atoms with van der Waals surface area (Å²) >= 11 is 0. The van der Waals surface area contributed by atoms with Gasteiger partial charge in [0.15, 0.2) is 5.96 Å². The van der Waals surface area contributed by atoms with Gasteiger partial charge in [-0.25, -0.2) is 4.79 Å². The summed E-state index contributed by atoms with van der Waals surface area (Å²) in [5.74, 6) is 0.658. The van der Waals surface area contributed by atoms with Gasteiger partial charge in [0.2, 0.25) is 0 Å². The normalized spacial score (nSPS) is 11.1. The Bertz CT molecular complexity index is 889. The van der Waals surface area contributed by atoms with Gasteiger partial charge in [-0.1, -0.05) is 24.3 Å². The molecule has 0 saturated heterocycles. The van der Waals surface area contributed by atoms with Crippen LogP contribution in [-0.4, -0.2) is 50.0 Å². The standard InChI is InChI=1S/C23H32N6O2/c1-16(2)27-23(31)28-20-12-8-18(9-13-20)15-26-22(24-3)25-14-17-6-10-19(11-7-17)21(30)29(4)5/h6-13,16H,14-15H2,1-5H3,(H2,24,25,26)(H2,27,28,31). The molecule has 0 aliphatic carbocycles. The summed E-state index contributed by atoms with van der Waals surface area (Å²) in [4.78, 5) is 29.5. The van der Waals surface area contributed by atoms with Gasteiger partial charge in [0, 0.05) is 51.5 Å². The third kappa shape index (κ3) is 8.00. The van der Waals surface area contributed by atoms with Gasteiger partial charge in [0.25, 0.3) is 5.91 Å². The summed E-state index contributed by atoms with van der Waals surface area (Å²) in [6.07, 6.45) is 0. The molecule has 3 amide bonds. The summed E-state index contributed by atoms with van der Waals surface area (Å²) in [6, 6.07) is 15.0. The lowest BCUT2D eigenvalue weighted by atomic mass is 10.1. The van der Waals surface area contributed by atoms with E-state index in [2.05, 4.69) is 26.3 Å². The summed E-state index contributed by atoms with van der Waals surface area (Å²) in [5, 5.41) is 12.1. The monoisotopic (exact) mass is 424 g/mol. The van der Waals surface area contributed by atoms with Crippen molar-refractivity contribution < 1.29 is 9.59 Å². The molecule has 2 aromatic carbocycles. The van der Waals surface area contributed by atoms with Crippen molar-refractivity contribution in [3.05, 3.63) is 65.2 Å². The fraction of sp³-hybridized carbons (Fsp3) is 0.348. The minimum absolute atomic E-state index is 0.0150. The smallest absolute Gasteiger partial charge is 0.319 e. The molecule has 0 fully saturated rings. The van der Waals surface area contributed by atoms with Crippen molar-refractivity contribution in [1.82, 2.24) is 20.9 Å². The van der Waals surface area contributed by atoms with Crippen molar-refractivity contribution in [3.8, 4) is 0 Å². The van der Waals surface area contributed by atoms with Crippen molar-refractivity contribution in [3.63, 3.8) is 0 Å². The van der Waals surface area contributed by atoms with Gasteiger partial charge in [-0.3, -0.25) is 9.79 Å². The lowest BCUT2D eigenvalue weighted by molar-refractivity contribution is 0.0827. The number of hydrogen-bond donors (Lipinski definition) is 4. The molecule has 0 aromatic heterocycles. The molecule has 2 rings (SSSR count). The minimum Gasteiger partial charge on any atom is -0.352 e. The second-order valence-corrected chi connectivity index (χ2v) is 7.63. The molecule has 0 aliphatic heterocycles. The average molecular weight is 425 g/mol. The zero-order chi connectivity index (χ0) is 22.8. The Morgan fingerprint density at radius 2 is 1.42 bits per heavy atom. The minimum atomic E-state index is -0.218. The summed E-state index contributed by atoms with van der Waals surface area (Å²) in [6.45, 7) is 5.01. The lowest BCUT2D eigenvalue weighted by Gasteiger charge is -2.14. The van der Waals surface area contributed by atoms with Crippen molar-refractivity contribution in [1.29, 1.82) is 0 Å². The van der Waals surface area contributed by atoms with E-state index in [0.29, 0.717) is 24.6 Å². The Morgan fingerprint density at radius 1 is 0.903 bits per heavy atom. The second kappa shape index (κ2) is 11.6. The molecule has 8 heteroatoms. The Kier molecular flexibility index (Phi) is 8.87. The lowest BCUT2D eigenvalue weighted by Crippen LogP contribution is -2.36. The van der Waals surface area contributed by atoms with Crippen LogP contribution < -0.4 is 21.3 Å². The van der Waals surface area contributed by atoms with Crippen LogP contribution in [0.5, 0.6) is 0 Å². The summed E-state index contributed by atoms with van der Waals surface area (Å²) in [7, 11) is 5.19. The Balaban J connectivity index is 1.82. The predicted molar refractivity (Wildman–Crippen MR) is 125 cm³/mol. The van der Waals surface area contributed by atoms with Crippen LogP contribution in [-0.2, 0) is 13.1 Å². The third-order valence-electron chi connectivity index (χ3n) is 4.38. The fourth-order valence-electron chi connectivity index (χ4n) is 2.75. The predicted octanol–water partition coefficient (Wildman–Crippen LogP) is 2.78. The first-order valence-corrected chi connectivity index (χ1v) is 10.2. The molecule has 0 spiro atoms. The van der Waals surface area contributed by atoms with Gasteiger partial charge in [0.05, 0.1) is 0 Å². The van der Waals surface area contributed by atoms with Gasteiger partial charge in [0.1, 0.15) is 0 Å². The quantitative estimate of drug-likeness (QED) is 0.406. The average Bonchev–Trinajstić information content (AvgIpc) is 2.74. The number of hydrogen-bond acceptors (Lipinski definition) is 3. The highest BCUT2D eigenvalue weighted by Crippen LogP contribution is 2.10. The Morgan fingerprint density at radius 3 is 1.87 bits per heavy atom. The SMILES string of the molecule is CN=C(NCc1ccc(NC(=O)NC(C)C)cc1)NCc1ccc(C(=O)N(C)C)cc1. The highest BCUT2D eigenvalue weighted by atomic mass is 16.2. The number of benzene rings is 2. The molecule has 2 aromatic rings. The molecule has 0 aliphatic rings. The summed E-state index contributed by atoms with van der Waals surface area (Å²) < 4.78 is 0. The molecule has 0 radical (unpaired) electrons. The number of anilines is 1. The van der Waals surface area contributed by atoms with Crippen LogP contribution in [0.3, 0.4) is 0 Å². The molecule has 0 unspecified atom stereocenters. The molecule has 0 atom stereocenters. The van der Waals surface area contributed by atoms with Crippen molar-refractivity contribution >= 4 is 23.6 Å². The number of urea groups is 1. The molecule has 166 valence electrons. The zero-order valence-electron chi connectivity index (χ0n) is 18.8. The molecular weight excluding hydrogens is 392 g/mol.